The number of amides is 3. The molecule has 2 fully saturated rings. The van der Waals surface area contributed by atoms with Crippen molar-refractivity contribution in [3.63, 3.8) is 0 Å². The van der Waals surface area contributed by atoms with E-state index in [0.717, 1.165) is 5.56 Å². The zero-order valence-electron chi connectivity index (χ0n) is 26.3. The van der Waals surface area contributed by atoms with E-state index in [1.165, 1.54) is 0 Å². The number of esters is 1. The first kappa shape index (κ1) is 32.9. The number of aliphatic hydroxyl groups excluding tert-OH is 1. The maximum absolute atomic E-state index is 14.9. The number of allylic oxidation sites excluding steroid dienone is 1. The molecule has 6 rings (SSSR count). The van der Waals surface area contributed by atoms with E-state index in [1.807, 2.05) is 61.5 Å². The molecule has 2 saturated heterocycles. The fraction of sp³-hybridized carbons (Fsp3) is 0.444. The van der Waals surface area contributed by atoms with Gasteiger partial charge in [-0.2, -0.15) is 0 Å². The number of carbonyl (C=O) groups excluding carboxylic acids is 4. The number of carbonyl (C=O) groups is 4. The average molecular weight is 662 g/mol. The number of benzene rings is 2. The van der Waals surface area contributed by atoms with Crippen molar-refractivity contribution in [1.29, 1.82) is 0 Å². The van der Waals surface area contributed by atoms with Crippen LogP contribution in [0.4, 0.5) is 5.69 Å². The number of hydrogen-bond acceptors (Lipinski definition) is 7. The van der Waals surface area contributed by atoms with Gasteiger partial charge in [0.15, 0.2) is 0 Å². The molecule has 2 aromatic rings. The van der Waals surface area contributed by atoms with Crippen molar-refractivity contribution < 1.29 is 33.8 Å². The van der Waals surface area contributed by atoms with Crippen LogP contribution in [0.15, 0.2) is 72.8 Å². The van der Waals surface area contributed by atoms with Gasteiger partial charge >= 0.3 is 5.97 Å². The fourth-order valence-electron chi connectivity index (χ4n) is 7.35. The molecule has 2 N–H and O–H groups in total. The summed E-state index contributed by atoms with van der Waals surface area (Å²) in [6, 6.07) is 13.5. The van der Waals surface area contributed by atoms with E-state index in [0.29, 0.717) is 42.0 Å². The maximum Gasteiger partial charge on any atom is 0.313 e. The third-order valence-electron chi connectivity index (χ3n) is 9.57. The first-order valence-electron chi connectivity index (χ1n) is 16.3. The van der Waals surface area contributed by atoms with Crippen molar-refractivity contribution in [2.45, 2.75) is 62.9 Å². The van der Waals surface area contributed by atoms with Crippen molar-refractivity contribution in [3.8, 4) is 0 Å². The molecule has 11 heteroatoms. The molecule has 5 bridgehead atoms. The molecule has 0 aromatic heterocycles. The quantitative estimate of drug-likeness (QED) is 0.261. The topological polar surface area (TPSA) is 125 Å². The van der Waals surface area contributed by atoms with Gasteiger partial charge in [-0.05, 0) is 49.8 Å². The molecule has 0 unspecified atom stereocenters. The molecule has 4 aliphatic heterocycles. The number of cyclic esters (lactones) is 1. The molecular weight excluding hydrogens is 622 g/mol. The monoisotopic (exact) mass is 661 g/mol. The maximum atomic E-state index is 14.9. The highest BCUT2D eigenvalue weighted by atomic mass is 35.5. The summed E-state index contributed by atoms with van der Waals surface area (Å²) in [4.78, 5) is 59.4. The molecular formula is C36H40ClN3O7. The van der Waals surface area contributed by atoms with Gasteiger partial charge in [-0.25, -0.2) is 0 Å². The van der Waals surface area contributed by atoms with E-state index < -0.39 is 41.7 Å². The molecule has 47 heavy (non-hydrogen) atoms. The SMILES string of the molecule is Cc1cccc(Cl)c1N1C/C=C\CCC(=O)NC[C@@H](c2ccccc2)OC(=O)[C@@H]2[C@@H]3C=C[C@]4(O3)[C@H](C1=O)N(CCCCCO)C(=O)[C@@H]24. The van der Waals surface area contributed by atoms with Crippen LogP contribution in [-0.2, 0) is 28.7 Å². The Hall–Kier alpha value is -3.99. The Morgan fingerprint density at radius 3 is 2.57 bits per heavy atom. The van der Waals surface area contributed by atoms with E-state index in [2.05, 4.69) is 5.32 Å². The minimum atomic E-state index is -1.39. The highest BCUT2D eigenvalue weighted by Crippen LogP contribution is 2.56. The Balaban J connectivity index is 1.43. The van der Waals surface area contributed by atoms with Gasteiger partial charge in [-0.3, -0.25) is 19.2 Å². The Morgan fingerprint density at radius 2 is 1.81 bits per heavy atom. The van der Waals surface area contributed by atoms with E-state index in [4.69, 9.17) is 21.1 Å². The van der Waals surface area contributed by atoms with Crippen LogP contribution in [0, 0.1) is 18.8 Å². The second-order valence-corrected chi connectivity index (χ2v) is 12.9. The second kappa shape index (κ2) is 14.0. The van der Waals surface area contributed by atoms with Crippen molar-refractivity contribution >= 4 is 41.0 Å². The molecule has 0 radical (unpaired) electrons. The van der Waals surface area contributed by atoms with Gasteiger partial charge in [0.2, 0.25) is 11.8 Å². The third kappa shape index (κ3) is 6.22. The molecule has 2 aromatic carbocycles. The highest BCUT2D eigenvalue weighted by Gasteiger charge is 2.73. The number of para-hydroxylation sites is 1. The number of aryl methyl sites for hydroxylation is 1. The average Bonchev–Trinajstić information content (AvgIpc) is 3.71. The summed E-state index contributed by atoms with van der Waals surface area (Å²) >= 11 is 6.72. The largest absolute Gasteiger partial charge is 0.455 e. The number of ether oxygens (including phenoxy) is 2. The predicted octanol–water partition coefficient (Wildman–Crippen LogP) is 4.05. The van der Waals surface area contributed by atoms with Gasteiger partial charge in [-0.1, -0.05) is 78.4 Å². The number of likely N-dealkylation sites (tertiary alicyclic amines) is 1. The first-order valence-corrected chi connectivity index (χ1v) is 16.7. The number of rotatable bonds is 7. The van der Waals surface area contributed by atoms with Crippen LogP contribution in [-0.4, -0.2) is 77.7 Å². The van der Waals surface area contributed by atoms with Gasteiger partial charge in [0.05, 0.1) is 29.3 Å². The van der Waals surface area contributed by atoms with Crippen molar-refractivity contribution in [1.82, 2.24) is 10.2 Å². The van der Waals surface area contributed by atoms with E-state index in [9.17, 15) is 24.3 Å². The Morgan fingerprint density at radius 1 is 1.00 bits per heavy atom. The summed E-state index contributed by atoms with van der Waals surface area (Å²) in [6.45, 7) is 2.35. The van der Waals surface area contributed by atoms with Crippen LogP contribution < -0.4 is 10.2 Å². The van der Waals surface area contributed by atoms with Crippen LogP contribution in [0.3, 0.4) is 0 Å². The molecule has 0 aliphatic carbocycles. The normalized spacial score (nSPS) is 30.0. The molecule has 4 heterocycles. The van der Waals surface area contributed by atoms with Crippen molar-refractivity contribution in [3.05, 3.63) is 89.0 Å². The number of halogens is 1. The smallest absolute Gasteiger partial charge is 0.313 e. The molecule has 6 atom stereocenters. The first-order chi connectivity index (χ1) is 22.8. The molecule has 3 amide bonds. The van der Waals surface area contributed by atoms with Crippen LogP contribution in [0.5, 0.6) is 0 Å². The van der Waals surface area contributed by atoms with Crippen LogP contribution in [0.1, 0.15) is 49.3 Å². The van der Waals surface area contributed by atoms with Crippen LogP contribution >= 0.6 is 11.6 Å². The lowest BCUT2D eigenvalue weighted by Gasteiger charge is -2.36. The Bertz CT molecular complexity index is 1560. The van der Waals surface area contributed by atoms with E-state index in [1.54, 1.807) is 28.0 Å². The Kier molecular flexibility index (Phi) is 9.82. The van der Waals surface area contributed by atoms with Gasteiger partial charge in [-0.15, -0.1) is 0 Å². The number of aliphatic hydroxyl groups is 1. The van der Waals surface area contributed by atoms with Crippen molar-refractivity contribution in [2.75, 3.05) is 31.1 Å². The lowest BCUT2D eigenvalue weighted by atomic mass is 9.74. The zero-order chi connectivity index (χ0) is 33.1. The standard InChI is InChI=1S/C36H40ClN3O7/c1-23-12-11-15-25(37)31(23)39-19-8-3-7-16-28(42)38-22-27(24-13-5-2-6-14-24)46-35(45)29-26-17-18-36(47-26)30(29)33(43)40(32(36)34(39)44)20-9-4-10-21-41/h2-3,5-6,8,11-15,17-18,26-27,29-30,32,41H,4,7,9-10,16,19-22H2,1H3,(H,38,42)/b8-3-/t26-,27-,29+,30+,32-,36+/m0/s1. The van der Waals surface area contributed by atoms with Gasteiger partial charge in [0, 0.05) is 26.1 Å². The number of fused-ring (bicyclic) bond motifs is 2. The molecule has 10 nitrogen and oxygen atoms in total. The lowest BCUT2D eigenvalue weighted by molar-refractivity contribution is -0.159. The summed E-state index contributed by atoms with van der Waals surface area (Å²) in [7, 11) is 0. The third-order valence-corrected chi connectivity index (χ3v) is 9.87. The molecule has 4 aliphatic rings. The van der Waals surface area contributed by atoms with Gasteiger partial charge < -0.3 is 29.7 Å². The second-order valence-electron chi connectivity index (χ2n) is 12.5. The number of nitrogens with one attached hydrogen (secondary N) is 1. The summed E-state index contributed by atoms with van der Waals surface area (Å²) in [5.41, 5.74) is 0.611. The lowest BCUT2D eigenvalue weighted by Crippen LogP contribution is -2.56. The predicted molar refractivity (Wildman–Crippen MR) is 175 cm³/mol. The summed E-state index contributed by atoms with van der Waals surface area (Å²) in [5.74, 6) is -3.53. The van der Waals surface area contributed by atoms with Crippen LogP contribution in [0.25, 0.3) is 0 Å². The van der Waals surface area contributed by atoms with E-state index in [-0.39, 0.29) is 50.4 Å². The number of hydrogen-bond donors (Lipinski definition) is 2. The zero-order valence-corrected chi connectivity index (χ0v) is 27.1. The molecule has 248 valence electrons. The molecule has 0 saturated carbocycles. The van der Waals surface area contributed by atoms with Crippen LogP contribution in [0.2, 0.25) is 5.02 Å². The van der Waals surface area contributed by atoms with E-state index >= 15 is 0 Å². The summed E-state index contributed by atoms with van der Waals surface area (Å²) in [5, 5.41) is 12.6. The Labute approximate surface area is 279 Å². The fourth-order valence-corrected chi connectivity index (χ4v) is 7.68. The summed E-state index contributed by atoms with van der Waals surface area (Å²) in [6.07, 6.45) is 8.06. The van der Waals surface area contributed by atoms with Gasteiger partial charge in [0.1, 0.15) is 23.7 Å². The van der Waals surface area contributed by atoms with Gasteiger partial charge in [0.25, 0.3) is 5.91 Å². The number of anilines is 1. The minimum Gasteiger partial charge on any atom is -0.455 e. The number of nitrogens with zero attached hydrogens (tertiary/aromatic N) is 2. The minimum absolute atomic E-state index is 0.0270. The molecule has 1 spiro atoms. The highest BCUT2D eigenvalue weighted by molar-refractivity contribution is 6.34. The number of unbranched alkanes of at least 4 members (excludes halogenated alkanes) is 2. The summed E-state index contributed by atoms with van der Waals surface area (Å²) < 4.78 is 12.6. The van der Waals surface area contributed by atoms with Crippen molar-refractivity contribution in [2.24, 2.45) is 11.8 Å².